The highest BCUT2D eigenvalue weighted by atomic mass is 32.2. The highest BCUT2D eigenvalue weighted by Crippen LogP contribution is 2.31. The number of amides is 1. The van der Waals surface area contributed by atoms with Crippen molar-refractivity contribution in [2.24, 2.45) is 0 Å². The van der Waals surface area contributed by atoms with E-state index in [4.69, 9.17) is 0 Å². The number of carbonyl (C=O) groups is 2. The summed E-state index contributed by atoms with van der Waals surface area (Å²) in [6, 6.07) is 9.19. The van der Waals surface area contributed by atoms with Gasteiger partial charge in [0.05, 0.1) is 11.0 Å². The van der Waals surface area contributed by atoms with Gasteiger partial charge in [0.25, 0.3) is 0 Å². The van der Waals surface area contributed by atoms with Crippen LogP contribution in [0.15, 0.2) is 39.0 Å². The topological polar surface area (TPSA) is 72.0 Å². The zero-order chi connectivity index (χ0) is 16.7. The quantitative estimate of drug-likeness (QED) is 0.571. The normalized spacial score (nSPS) is 11.9. The largest absolute Gasteiger partial charge is 0.355 e. The lowest BCUT2D eigenvalue weighted by Gasteiger charge is -2.07. The molecule has 1 N–H and O–H groups in total. The van der Waals surface area contributed by atoms with Crippen molar-refractivity contribution >= 4 is 46.6 Å². The molecular formula is C15H17N3O2S3. The van der Waals surface area contributed by atoms with Crippen molar-refractivity contribution in [3.8, 4) is 0 Å². The molecule has 8 heteroatoms. The molecule has 0 unspecified atom stereocenters. The lowest BCUT2D eigenvalue weighted by Crippen LogP contribution is -2.30. The van der Waals surface area contributed by atoms with Crippen LogP contribution in [0.5, 0.6) is 0 Å². The maximum absolute atomic E-state index is 12.0. The third kappa shape index (κ3) is 5.63. The van der Waals surface area contributed by atoms with Gasteiger partial charge in [0.2, 0.25) is 5.91 Å². The molecule has 23 heavy (non-hydrogen) atoms. The second-order valence-corrected chi connectivity index (χ2v) is 8.35. The minimum atomic E-state index is -0.216. The summed E-state index contributed by atoms with van der Waals surface area (Å²) in [5, 5.41) is 10.7. The summed E-state index contributed by atoms with van der Waals surface area (Å²) in [5.74, 6) is 0.381. The van der Waals surface area contributed by atoms with Crippen LogP contribution >= 0.6 is 34.9 Å². The summed E-state index contributed by atoms with van der Waals surface area (Å²) in [6.07, 6.45) is 0. The fourth-order valence-electron chi connectivity index (χ4n) is 1.66. The van der Waals surface area contributed by atoms with Crippen molar-refractivity contribution in [1.29, 1.82) is 0 Å². The molecule has 1 aromatic heterocycles. The van der Waals surface area contributed by atoms with Crippen LogP contribution in [0.3, 0.4) is 0 Å². The summed E-state index contributed by atoms with van der Waals surface area (Å²) < 4.78 is 1.47. The van der Waals surface area contributed by atoms with Crippen molar-refractivity contribution in [3.05, 3.63) is 35.9 Å². The molecule has 1 atom stereocenters. The van der Waals surface area contributed by atoms with Gasteiger partial charge in [-0.15, -0.1) is 10.2 Å². The Morgan fingerprint density at radius 2 is 1.91 bits per heavy atom. The molecule has 0 aliphatic carbocycles. The van der Waals surface area contributed by atoms with E-state index in [9.17, 15) is 9.59 Å². The third-order valence-electron chi connectivity index (χ3n) is 2.81. The molecule has 1 heterocycles. The second-order valence-electron chi connectivity index (χ2n) is 4.57. The minimum absolute atomic E-state index is 0.0128. The van der Waals surface area contributed by atoms with E-state index in [-0.39, 0.29) is 16.9 Å². The van der Waals surface area contributed by atoms with Gasteiger partial charge in [0.1, 0.15) is 0 Å². The lowest BCUT2D eigenvalue weighted by atomic mass is 10.2. The van der Waals surface area contributed by atoms with Gasteiger partial charge < -0.3 is 5.32 Å². The van der Waals surface area contributed by atoms with Crippen LogP contribution in [0.1, 0.15) is 24.2 Å². The van der Waals surface area contributed by atoms with Crippen LogP contribution in [0.4, 0.5) is 0 Å². The number of carbonyl (C=O) groups excluding carboxylic acids is 2. The van der Waals surface area contributed by atoms with E-state index in [1.54, 1.807) is 12.1 Å². The van der Waals surface area contributed by atoms with Gasteiger partial charge in [-0.1, -0.05) is 65.2 Å². The Hall–Kier alpha value is -1.38. The van der Waals surface area contributed by atoms with Gasteiger partial charge in [-0.25, -0.2) is 0 Å². The van der Waals surface area contributed by atoms with E-state index in [1.165, 1.54) is 34.9 Å². The minimum Gasteiger partial charge on any atom is -0.355 e. The number of rotatable bonds is 8. The summed E-state index contributed by atoms with van der Waals surface area (Å²) in [5.41, 5.74) is 0.698. The maximum Gasteiger partial charge on any atom is 0.233 e. The van der Waals surface area contributed by atoms with E-state index < -0.39 is 0 Å². The van der Waals surface area contributed by atoms with Gasteiger partial charge in [-0.3, -0.25) is 9.59 Å². The van der Waals surface area contributed by atoms with Crippen molar-refractivity contribution in [2.45, 2.75) is 27.8 Å². The Morgan fingerprint density at radius 3 is 2.61 bits per heavy atom. The zero-order valence-electron chi connectivity index (χ0n) is 12.8. The van der Waals surface area contributed by atoms with Crippen LogP contribution < -0.4 is 5.32 Å². The number of hydrogen-bond acceptors (Lipinski definition) is 7. The first-order chi connectivity index (χ1) is 11.1. The van der Waals surface area contributed by atoms with E-state index in [2.05, 4.69) is 15.5 Å². The SMILES string of the molecule is CCNC(=O)[C@@H](C)Sc1nnc(SCC(=O)c2ccccc2)s1. The zero-order valence-corrected chi connectivity index (χ0v) is 15.3. The molecule has 0 spiro atoms. The first-order valence-corrected chi connectivity index (χ1v) is 9.77. The molecule has 0 fully saturated rings. The Morgan fingerprint density at radius 1 is 1.22 bits per heavy atom. The van der Waals surface area contributed by atoms with Crippen molar-refractivity contribution in [3.63, 3.8) is 0 Å². The average molecular weight is 368 g/mol. The smallest absolute Gasteiger partial charge is 0.233 e. The summed E-state index contributed by atoms with van der Waals surface area (Å²) >= 11 is 4.15. The molecular weight excluding hydrogens is 350 g/mol. The van der Waals surface area contributed by atoms with Crippen LogP contribution in [0, 0.1) is 0 Å². The molecule has 0 aliphatic heterocycles. The number of nitrogens with one attached hydrogen (secondary N) is 1. The standard InChI is InChI=1S/C15H17N3O2S3/c1-3-16-13(20)10(2)22-15-18-17-14(23-15)21-9-12(19)11-7-5-4-6-8-11/h4-8,10H,3,9H2,1-2H3,(H,16,20)/t10-/m1/s1. The number of thioether (sulfide) groups is 2. The Bertz CT molecular complexity index is 661. The molecule has 0 bridgehead atoms. The Balaban J connectivity index is 1.85. The number of hydrogen-bond donors (Lipinski definition) is 1. The van der Waals surface area contributed by atoms with Crippen LogP contribution in [0.2, 0.25) is 0 Å². The number of ketones is 1. The first kappa shape index (κ1) is 18.0. The highest BCUT2D eigenvalue weighted by Gasteiger charge is 2.17. The predicted molar refractivity (Wildman–Crippen MR) is 95.4 cm³/mol. The molecule has 0 saturated carbocycles. The molecule has 2 aromatic rings. The van der Waals surface area contributed by atoms with Crippen LogP contribution in [0.25, 0.3) is 0 Å². The fraction of sp³-hybridized carbons (Fsp3) is 0.333. The Labute approximate surface area is 147 Å². The number of Topliss-reactive ketones (excluding diaryl/α,β-unsaturated/α-hetero) is 1. The van der Waals surface area contributed by atoms with Gasteiger partial charge in [-0.2, -0.15) is 0 Å². The molecule has 5 nitrogen and oxygen atoms in total. The van der Waals surface area contributed by atoms with Crippen molar-refractivity contribution in [1.82, 2.24) is 15.5 Å². The summed E-state index contributed by atoms with van der Waals surface area (Å²) in [7, 11) is 0. The van der Waals surface area contributed by atoms with Gasteiger partial charge in [0.15, 0.2) is 14.5 Å². The van der Waals surface area contributed by atoms with Crippen molar-refractivity contribution in [2.75, 3.05) is 12.3 Å². The summed E-state index contributed by atoms with van der Waals surface area (Å²) in [6.45, 7) is 4.34. The molecule has 1 amide bonds. The van der Waals surface area contributed by atoms with Crippen molar-refractivity contribution < 1.29 is 9.59 Å². The Kier molecular flexibility index (Phi) is 7.07. The molecule has 0 saturated heterocycles. The number of nitrogens with zero attached hydrogens (tertiary/aromatic N) is 2. The predicted octanol–water partition coefficient (Wildman–Crippen LogP) is 3.13. The van der Waals surface area contributed by atoms with Gasteiger partial charge in [-0.05, 0) is 13.8 Å². The lowest BCUT2D eigenvalue weighted by molar-refractivity contribution is -0.120. The molecule has 2 rings (SSSR count). The molecule has 0 radical (unpaired) electrons. The molecule has 122 valence electrons. The van der Waals surface area contributed by atoms with E-state index in [0.717, 1.165) is 8.68 Å². The van der Waals surface area contributed by atoms with E-state index >= 15 is 0 Å². The van der Waals surface area contributed by atoms with Crippen LogP contribution in [-0.2, 0) is 4.79 Å². The monoisotopic (exact) mass is 367 g/mol. The average Bonchev–Trinajstić information content (AvgIpc) is 3.01. The molecule has 1 aromatic carbocycles. The fourth-order valence-corrected chi connectivity index (χ4v) is 4.74. The van der Waals surface area contributed by atoms with Gasteiger partial charge >= 0.3 is 0 Å². The highest BCUT2D eigenvalue weighted by molar-refractivity contribution is 8.04. The van der Waals surface area contributed by atoms with E-state index in [0.29, 0.717) is 17.9 Å². The maximum atomic E-state index is 12.0. The first-order valence-electron chi connectivity index (χ1n) is 7.09. The van der Waals surface area contributed by atoms with E-state index in [1.807, 2.05) is 32.0 Å². The number of aromatic nitrogens is 2. The third-order valence-corrected chi connectivity index (χ3v) is 6.05. The van der Waals surface area contributed by atoms with Crippen LogP contribution in [-0.4, -0.2) is 39.4 Å². The van der Waals surface area contributed by atoms with Gasteiger partial charge in [0, 0.05) is 12.1 Å². The molecule has 0 aliphatic rings. The summed E-state index contributed by atoms with van der Waals surface area (Å²) in [4.78, 5) is 23.7. The second kappa shape index (κ2) is 9.05. The number of benzene rings is 1.